The summed E-state index contributed by atoms with van der Waals surface area (Å²) in [5.41, 5.74) is 2.63. The summed E-state index contributed by atoms with van der Waals surface area (Å²) in [5.74, 6) is 1.23. The van der Waals surface area contributed by atoms with Crippen molar-refractivity contribution in [2.75, 3.05) is 27.3 Å². The van der Waals surface area contributed by atoms with Crippen LogP contribution in [0.1, 0.15) is 36.8 Å². The second-order valence-corrected chi connectivity index (χ2v) is 5.98. The zero-order chi connectivity index (χ0) is 16.1. The Hall–Kier alpha value is -1.75. The van der Waals surface area contributed by atoms with E-state index >= 15 is 0 Å². The van der Waals surface area contributed by atoms with Gasteiger partial charge in [0.25, 0.3) is 0 Å². The number of urea groups is 1. The molecule has 0 aliphatic heterocycles. The molecule has 5 nitrogen and oxygen atoms in total. The lowest BCUT2D eigenvalue weighted by Crippen LogP contribution is -2.45. The second kappa shape index (κ2) is 7.49. The van der Waals surface area contributed by atoms with Crippen molar-refractivity contribution in [1.29, 1.82) is 0 Å². The van der Waals surface area contributed by atoms with E-state index in [4.69, 9.17) is 9.84 Å². The number of ether oxygens (including phenoxy) is 1. The van der Waals surface area contributed by atoms with Crippen molar-refractivity contribution in [3.8, 4) is 5.75 Å². The Balaban J connectivity index is 1.99. The highest BCUT2D eigenvalue weighted by molar-refractivity contribution is 5.74. The molecule has 0 saturated carbocycles. The molecule has 0 saturated heterocycles. The molecule has 2 N–H and O–H groups in total. The van der Waals surface area contributed by atoms with E-state index < -0.39 is 0 Å². The van der Waals surface area contributed by atoms with Crippen LogP contribution in [0.5, 0.6) is 5.75 Å². The lowest BCUT2D eigenvalue weighted by molar-refractivity contribution is 0.157. The van der Waals surface area contributed by atoms with Gasteiger partial charge in [0.2, 0.25) is 0 Å². The first-order valence-corrected chi connectivity index (χ1v) is 7.85. The maximum atomic E-state index is 12.1. The number of rotatable bonds is 5. The van der Waals surface area contributed by atoms with Crippen LogP contribution in [-0.2, 0) is 6.42 Å². The fourth-order valence-electron chi connectivity index (χ4n) is 2.89. The van der Waals surface area contributed by atoms with Crippen molar-refractivity contribution in [3.63, 3.8) is 0 Å². The monoisotopic (exact) mass is 306 g/mol. The van der Waals surface area contributed by atoms with Crippen LogP contribution >= 0.6 is 0 Å². The van der Waals surface area contributed by atoms with E-state index in [0.29, 0.717) is 12.5 Å². The van der Waals surface area contributed by atoms with Crippen molar-refractivity contribution in [1.82, 2.24) is 10.2 Å². The normalized spacial score (nSPS) is 18.3. The molecule has 2 atom stereocenters. The smallest absolute Gasteiger partial charge is 0.317 e. The van der Waals surface area contributed by atoms with Gasteiger partial charge in [-0.2, -0.15) is 0 Å². The van der Waals surface area contributed by atoms with Gasteiger partial charge in [-0.1, -0.05) is 6.07 Å². The molecular formula is C17H26N2O3. The molecule has 1 aliphatic carbocycles. The third-order valence-electron chi connectivity index (χ3n) is 4.53. The molecule has 0 radical (unpaired) electrons. The SMILES string of the molecule is COc1ccc2c(c1)CCC[C@@H]2CNC(=O)N(C)[C@@H](C)CO. The van der Waals surface area contributed by atoms with E-state index in [2.05, 4.69) is 17.4 Å². The largest absolute Gasteiger partial charge is 0.497 e. The van der Waals surface area contributed by atoms with Crippen molar-refractivity contribution < 1.29 is 14.6 Å². The lowest BCUT2D eigenvalue weighted by atomic mass is 9.82. The van der Waals surface area contributed by atoms with Crippen LogP contribution < -0.4 is 10.1 Å². The zero-order valence-electron chi connectivity index (χ0n) is 13.6. The van der Waals surface area contributed by atoms with E-state index in [0.717, 1.165) is 25.0 Å². The van der Waals surface area contributed by atoms with Crippen LogP contribution in [0.2, 0.25) is 0 Å². The number of amides is 2. The first kappa shape index (κ1) is 16.6. The second-order valence-electron chi connectivity index (χ2n) is 5.98. The van der Waals surface area contributed by atoms with E-state index in [1.807, 2.05) is 13.0 Å². The fourth-order valence-corrected chi connectivity index (χ4v) is 2.89. The number of likely N-dealkylation sites (N-methyl/N-ethyl adjacent to an activating group) is 1. The minimum absolute atomic E-state index is 0.0318. The fraction of sp³-hybridized carbons (Fsp3) is 0.588. The van der Waals surface area contributed by atoms with Gasteiger partial charge in [-0.3, -0.25) is 0 Å². The molecule has 122 valence electrons. The molecule has 0 aromatic heterocycles. The van der Waals surface area contributed by atoms with Gasteiger partial charge in [0.05, 0.1) is 19.8 Å². The summed E-state index contributed by atoms with van der Waals surface area (Å²) in [4.78, 5) is 13.6. The van der Waals surface area contributed by atoms with E-state index in [9.17, 15) is 4.79 Å². The number of aliphatic hydroxyl groups is 1. The molecule has 0 heterocycles. The maximum absolute atomic E-state index is 12.1. The van der Waals surface area contributed by atoms with Gasteiger partial charge < -0.3 is 20.1 Å². The average molecular weight is 306 g/mol. The number of aryl methyl sites for hydroxylation is 1. The first-order valence-electron chi connectivity index (χ1n) is 7.85. The van der Waals surface area contributed by atoms with Crippen LogP contribution in [0.15, 0.2) is 18.2 Å². The van der Waals surface area contributed by atoms with Gasteiger partial charge in [-0.15, -0.1) is 0 Å². The summed E-state index contributed by atoms with van der Waals surface area (Å²) in [7, 11) is 3.39. The summed E-state index contributed by atoms with van der Waals surface area (Å²) < 4.78 is 5.28. The molecule has 5 heteroatoms. The van der Waals surface area contributed by atoms with E-state index in [-0.39, 0.29) is 18.7 Å². The molecule has 2 amide bonds. The number of nitrogens with one attached hydrogen (secondary N) is 1. The van der Waals surface area contributed by atoms with Crippen molar-refractivity contribution >= 4 is 6.03 Å². The summed E-state index contributed by atoms with van der Waals surface area (Å²) >= 11 is 0. The highest BCUT2D eigenvalue weighted by Gasteiger charge is 2.22. The minimum atomic E-state index is -0.178. The Morgan fingerprint density at radius 3 is 3.00 bits per heavy atom. The first-order chi connectivity index (χ1) is 10.6. The number of carbonyl (C=O) groups excluding carboxylic acids is 1. The Bertz CT molecular complexity index is 519. The molecule has 0 unspecified atom stereocenters. The van der Waals surface area contributed by atoms with Crippen molar-refractivity contribution in [2.45, 2.75) is 38.1 Å². The zero-order valence-corrected chi connectivity index (χ0v) is 13.6. The number of hydrogen-bond acceptors (Lipinski definition) is 3. The third-order valence-corrected chi connectivity index (χ3v) is 4.53. The predicted octanol–water partition coefficient (Wildman–Crippen LogP) is 2.14. The molecule has 1 aromatic rings. The van der Waals surface area contributed by atoms with Crippen LogP contribution in [0.25, 0.3) is 0 Å². The predicted molar refractivity (Wildman–Crippen MR) is 86.4 cm³/mol. The van der Waals surface area contributed by atoms with E-state index in [1.165, 1.54) is 16.0 Å². The summed E-state index contributed by atoms with van der Waals surface area (Å²) in [6.07, 6.45) is 3.28. The topological polar surface area (TPSA) is 61.8 Å². The molecular weight excluding hydrogens is 280 g/mol. The number of methoxy groups -OCH3 is 1. The quantitative estimate of drug-likeness (QED) is 0.876. The highest BCUT2D eigenvalue weighted by Crippen LogP contribution is 2.33. The van der Waals surface area contributed by atoms with E-state index in [1.54, 1.807) is 14.2 Å². The number of fused-ring (bicyclic) bond motifs is 1. The van der Waals surface area contributed by atoms with Gasteiger partial charge in [-0.25, -0.2) is 4.79 Å². The summed E-state index contributed by atoms with van der Waals surface area (Å²) in [5, 5.41) is 12.1. The maximum Gasteiger partial charge on any atom is 0.317 e. The Morgan fingerprint density at radius 1 is 1.55 bits per heavy atom. The molecule has 0 bridgehead atoms. The highest BCUT2D eigenvalue weighted by atomic mass is 16.5. The number of benzene rings is 1. The van der Waals surface area contributed by atoms with Gasteiger partial charge in [0.1, 0.15) is 5.75 Å². The minimum Gasteiger partial charge on any atom is -0.497 e. The van der Waals surface area contributed by atoms with Crippen molar-refractivity contribution in [3.05, 3.63) is 29.3 Å². The Kier molecular flexibility index (Phi) is 5.66. The van der Waals surface area contributed by atoms with Gasteiger partial charge in [0, 0.05) is 19.5 Å². The number of hydrogen-bond donors (Lipinski definition) is 2. The third kappa shape index (κ3) is 3.71. The summed E-state index contributed by atoms with van der Waals surface area (Å²) in [6.45, 7) is 2.42. The molecule has 0 fully saturated rings. The van der Waals surface area contributed by atoms with Crippen LogP contribution in [0.4, 0.5) is 4.79 Å². The van der Waals surface area contributed by atoms with Crippen molar-refractivity contribution in [2.24, 2.45) is 0 Å². The Morgan fingerprint density at radius 2 is 2.32 bits per heavy atom. The van der Waals surface area contributed by atoms with Crippen LogP contribution in [0.3, 0.4) is 0 Å². The van der Waals surface area contributed by atoms with Crippen LogP contribution in [-0.4, -0.2) is 49.4 Å². The van der Waals surface area contributed by atoms with Gasteiger partial charge in [0.15, 0.2) is 0 Å². The molecule has 2 rings (SSSR count). The lowest BCUT2D eigenvalue weighted by Gasteiger charge is -2.28. The molecule has 22 heavy (non-hydrogen) atoms. The number of aliphatic hydroxyl groups excluding tert-OH is 1. The molecule has 0 spiro atoms. The summed E-state index contributed by atoms with van der Waals surface area (Å²) in [6, 6.07) is 5.89. The van der Waals surface area contributed by atoms with Gasteiger partial charge >= 0.3 is 6.03 Å². The average Bonchev–Trinajstić information content (AvgIpc) is 2.57. The number of nitrogens with zero attached hydrogens (tertiary/aromatic N) is 1. The Labute approximate surface area is 132 Å². The van der Waals surface area contributed by atoms with Crippen LogP contribution in [0, 0.1) is 0 Å². The standard InChI is InChI=1S/C17H26N2O3/c1-12(11-20)19(2)17(21)18-10-14-6-4-5-13-9-15(22-3)7-8-16(13)14/h7-9,12,14,20H,4-6,10-11H2,1-3H3,(H,18,21)/t12-,14+/m0/s1. The molecule has 1 aromatic carbocycles. The van der Waals surface area contributed by atoms with Gasteiger partial charge in [-0.05, 0) is 49.4 Å². The number of carbonyl (C=O) groups is 1. The molecule has 1 aliphatic rings.